The third-order valence-electron chi connectivity index (χ3n) is 5.91. The number of aromatic nitrogens is 2. The van der Waals surface area contributed by atoms with Gasteiger partial charge in [0.1, 0.15) is 5.82 Å². The first-order valence-corrected chi connectivity index (χ1v) is 10.6. The molecule has 0 spiro atoms. The Labute approximate surface area is 173 Å². The minimum atomic E-state index is 0.0959. The molecule has 0 atom stereocenters. The molecule has 2 fully saturated rings. The van der Waals surface area contributed by atoms with Crippen LogP contribution >= 0.6 is 0 Å². The Bertz CT molecular complexity index is 844. The number of carbonyl (C=O) groups excluding carboxylic acids is 1. The summed E-state index contributed by atoms with van der Waals surface area (Å²) in [5.41, 5.74) is 2.11. The molecule has 3 heterocycles. The summed E-state index contributed by atoms with van der Waals surface area (Å²) in [5, 5.41) is 0. The fourth-order valence-electron chi connectivity index (χ4n) is 4.02. The van der Waals surface area contributed by atoms with Crippen LogP contribution in [0.5, 0.6) is 0 Å². The number of anilines is 2. The highest BCUT2D eigenvalue weighted by Gasteiger charge is 2.24. The maximum atomic E-state index is 12.9. The van der Waals surface area contributed by atoms with Gasteiger partial charge in [-0.3, -0.25) is 4.79 Å². The van der Waals surface area contributed by atoms with Crippen LogP contribution in [-0.4, -0.2) is 60.0 Å². The van der Waals surface area contributed by atoms with Crippen LogP contribution in [0.2, 0.25) is 0 Å². The van der Waals surface area contributed by atoms with Crippen molar-refractivity contribution in [2.24, 2.45) is 0 Å². The molecule has 6 nitrogen and oxygen atoms in total. The van der Waals surface area contributed by atoms with E-state index in [1.165, 1.54) is 18.4 Å². The van der Waals surface area contributed by atoms with Gasteiger partial charge in [0.05, 0.1) is 0 Å². The lowest BCUT2D eigenvalue weighted by Gasteiger charge is -2.35. The number of nitrogens with zero attached hydrogens (tertiary/aromatic N) is 5. The van der Waals surface area contributed by atoms with Gasteiger partial charge in [0.25, 0.3) is 5.91 Å². The lowest BCUT2D eigenvalue weighted by Crippen LogP contribution is -2.49. The van der Waals surface area contributed by atoms with Crippen LogP contribution in [0.15, 0.2) is 36.5 Å². The second-order valence-corrected chi connectivity index (χ2v) is 9.02. The van der Waals surface area contributed by atoms with Crippen molar-refractivity contribution < 1.29 is 4.79 Å². The van der Waals surface area contributed by atoms with Crippen molar-refractivity contribution in [1.29, 1.82) is 0 Å². The molecule has 2 aromatic rings. The van der Waals surface area contributed by atoms with Crippen molar-refractivity contribution in [3.8, 4) is 0 Å². The molecule has 6 heteroatoms. The highest BCUT2D eigenvalue weighted by molar-refractivity contribution is 5.94. The molecule has 1 amide bonds. The van der Waals surface area contributed by atoms with Crippen molar-refractivity contribution in [2.45, 2.75) is 39.0 Å². The van der Waals surface area contributed by atoms with Gasteiger partial charge in [0, 0.05) is 51.0 Å². The molecule has 154 valence electrons. The van der Waals surface area contributed by atoms with Gasteiger partial charge < -0.3 is 14.7 Å². The van der Waals surface area contributed by atoms with Gasteiger partial charge in [-0.2, -0.15) is 4.98 Å². The summed E-state index contributed by atoms with van der Waals surface area (Å²) in [6.45, 7) is 11.7. The minimum Gasteiger partial charge on any atom is -0.353 e. The largest absolute Gasteiger partial charge is 0.353 e. The smallest absolute Gasteiger partial charge is 0.253 e. The highest BCUT2D eigenvalue weighted by Crippen LogP contribution is 2.23. The van der Waals surface area contributed by atoms with Crippen LogP contribution in [0.4, 0.5) is 11.8 Å². The van der Waals surface area contributed by atoms with Gasteiger partial charge >= 0.3 is 0 Å². The molecule has 0 bridgehead atoms. The van der Waals surface area contributed by atoms with Crippen molar-refractivity contribution in [3.63, 3.8) is 0 Å². The van der Waals surface area contributed by atoms with Crippen molar-refractivity contribution >= 4 is 17.7 Å². The lowest BCUT2D eigenvalue weighted by atomic mass is 9.86. The normalized spacial score (nSPS) is 17.7. The van der Waals surface area contributed by atoms with Gasteiger partial charge in [-0.1, -0.05) is 32.9 Å². The molecule has 2 aliphatic rings. The zero-order valence-corrected chi connectivity index (χ0v) is 17.8. The number of benzene rings is 1. The van der Waals surface area contributed by atoms with Gasteiger partial charge in [-0.25, -0.2) is 4.98 Å². The zero-order chi connectivity index (χ0) is 20.4. The van der Waals surface area contributed by atoms with E-state index in [-0.39, 0.29) is 11.3 Å². The average Bonchev–Trinajstić information content (AvgIpc) is 3.28. The van der Waals surface area contributed by atoms with Crippen molar-refractivity contribution in [2.75, 3.05) is 49.1 Å². The Morgan fingerprint density at radius 2 is 1.52 bits per heavy atom. The van der Waals surface area contributed by atoms with Gasteiger partial charge in [-0.15, -0.1) is 0 Å². The average molecular weight is 394 g/mol. The third-order valence-corrected chi connectivity index (χ3v) is 5.91. The van der Waals surface area contributed by atoms with Gasteiger partial charge in [0.15, 0.2) is 0 Å². The monoisotopic (exact) mass is 393 g/mol. The molecule has 0 saturated carbocycles. The van der Waals surface area contributed by atoms with E-state index in [1.54, 1.807) is 0 Å². The fraction of sp³-hybridized carbons (Fsp3) is 0.522. The molecule has 1 aromatic heterocycles. The quantitative estimate of drug-likeness (QED) is 0.801. The van der Waals surface area contributed by atoms with E-state index in [4.69, 9.17) is 4.98 Å². The number of carbonyl (C=O) groups is 1. The van der Waals surface area contributed by atoms with Gasteiger partial charge in [0.2, 0.25) is 5.95 Å². The molecular weight excluding hydrogens is 362 g/mol. The van der Waals surface area contributed by atoms with Gasteiger partial charge in [-0.05, 0) is 42.0 Å². The molecule has 0 N–H and O–H groups in total. The van der Waals surface area contributed by atoms with E-state index >= 15 is 0 Å². The minimum absolute atomic E-state index is 0.0959. The molecule has 29 heavy (non-hydrogen) atoms. The second-order valence-electron chi connectivity index (χ2n) is 9.02. The van der Waals surface area contributed by atoms with Crippen molar-refractivity contribution in [3.05, 3.63) is 47.7 Å². The summed E-state index contributed by atoms with van der Waals surface area (Å²) in [7, 11) is 0. The molecular formula is C23H31N5O. The molecule has 2 saturated heterocycles. The van der Waals surface area contributed by atoms with E-state index in [2.05, 4.69) is 47.7 Å². The van der Waals surface area contributed by atoms with E-state index in [9.17, 15) is 4.79 Å². The Kier molecular flexibility index (Phi) is 5.43. The van der Waals surface area contributed by atoms with Crippen LogP contribution in [0, 0.1) is 0 Å². The number of amides is 1. The summed E-state index contributed by atoms with van der Waals surface area (Å²) >= 11 is 0. The Morgan fingerprint density at radius 3 is 2.14 bits per heavy atom. The van der Waals surface area contributed by atoms with Crippen LogP contribution in [0.3, 0.4) is 0 Å². The highest BCUT2D eigenvalue weighted by atomic mass is 16.2. The SMILES string of the molecule is CC(C)(C)c1ccc(C(=O)N2CCN(c3ccnc(N4CCCC4)n3)CC2)cc1. The number of hydrogen-bond acceptors (Lipinski definition) is 5. The van der Waals surface area contributed by atoms with Crippen LogP contribution in [-0.2, 0) is 5.41 Å². The first kappa shape index (κ1) is 19.7. The van der Waals surface area contributed by atoms with Crippen molar-refractivity contribution in [1.82, 2.24) is 14.9 Å². The third kappa shape index (κ3) is 4.36. The zero-order valence-electron chi connectivity index (χ0n) is 17.8. The molecule has 2 aliphatic heterocycles. The van der Waals surface area contributed by atoms with E-state index in [0.717, 1.165) is 43.5 Å². The summed E-state index contributed by atoms with van der Waals surface area (Å²) in [4.78, 5) is 28.6. The Balaban J connectivity index is 1.38. The number of rotatable bonds is 3. The lowest BCUT2D eigenvalue weighted by molar-refractivity contribution is 0.0746. The first-order valence-electron chi connectivity index (χ1n) is 10.6. The summed E-state index contributed by atoms with van der Waals surface area (Å²) < 4.78 is 0. The molecule has 0 unspecified atom stereocenters. The molecule has 4 rings (SSSR count). The first-order chi connectivity index (χ1) is 13.9. The number of piperazine rings is 1. The van der Waals surface area contributed by atoms with E-state index in [0.29, 0.717) is 13.1 Å². The second kappa shape index (κ2) is 8.01. The van der Waals surface area contributed by atoms with Crippen LogP contribution < -0.4 is 9.80 Å². The number of hydrogen-bond donors (Lipinski definition) is 0. The maximum Gasteiger partial charge on any atom is 0.253 e. The predicted molar refractivity (Wildman–Crippen MR) is 117 cm³/mol. The fourth-order valence-corrected chi connectivity index (χ4v) is 4.02. The Hall–Kier alpha value is -2.63. The topological polar surface area (TPSA) is 52.6 Å². The maximum absolute atomic E-state index is 12.9. The predicted octanol–water partition coefficient (Wildman–Crippen LogP) is 3.34. The van der Waals surface area contributed by atoms with E-state index < -0.39 is 0 Å². The molecule has 1 aromatic carbocycles. The summed E-state index contributed by atoms with van der Waals surface area (Å²) in [6.07, 6.45) is 4.28. The van der Waals surface area contributed by atoms with Crippen LogP contribution in [0.1, 0.15) is 49.5 Å². The summed E-state index contributed by atoms with van der Waals surface area (Å²) in [6, 6.07) is 10.0. The summed E-state index contributed by atoms with van der Waals surface area (Å²) in [5.74, 6) is 1.91. The molecule has 0 aliphatic carbocycles. The standard InChI is InChI=1S/C23H31N5O/c1-23(2,3)19-8-6-18(7-9-19)21(29)27-16-14-26(15-17-27)20-10-11-24-22(25-20)28-12-4-5-13-28/h6-11H,4-5,12-17H2,1-3H3. The molecule has 0 radical (unpaired) electrons. The Morgan fingerprint density at radius 1 is 0.862 bits per heavy atom. The van der Waals surface area contributed by atoms with E-state index in [1.807, 2.05) is 29.3 Å². The van der Waals surface area contributed by atoms with Crippen LogP contribution in [0.25, 0.3) is 0 Å².